The van der Waals surface area contributed by atoms with Gasteiger partial charge in [-0.25, -0.2) is 4.98 Å². The summed E-state index contributed by atoms with van der Waals surface area (Å²) in [6.45, 7) is 0. The number of thiazole rings is 1. The number of hydrogen-bond donors (Lipinski definition) is 2. The fourth-order valence-electron chi connectivity index (χ4n) is 2.87. The van der Waals surface area contributed by atoms with Crippen LogP contribution >= 0.6 is 11.3 Å². The van der Waals surface area contributed by atoms with E-state index in [1.165, 1.54) is 57.7 Å². The summed E-state index contributed by atoms with van der Waals surface area (Å²) in [4.78, 5) is 15.1. The molecule has 0 spiro atoms. The number of benzene rings is 2. The number of carbonyl (C=O) groups is 1. The van der Waals surface area contributed by atoms with Gasteiger partial charge in [0, 0.05) is 0 Å². The number of hydrogen-bond acceptors (Lipinski definition) is 6. The smallest absolute Gasteiger partial charge is 0.256 e. The molecule has 1 heterocycles. The van der Waals surface area contributed by atoms with Gasteiger partial charge in [0.1, 0.15) is 17.1 Å². The number of nitrogens with zero attached hydrogens (tertiary/aromatic N) is 1. The van der Waals surface area contributed by atoms with E-state index in [1.54, 1.807) is 18.2 Å². The van der Waals surface area contributed by atoms with Crippen molar-refractivity contribution >= 4 is 32.6 Å². The first-order valence-electron chi connectivity index (χ1n) is 9.18. The van der Waals surface area contributed by atoms with Gasteiger partial charge < -0.3 is 20.9 Å². The number of nitrogen functional groups attached to an aromatic ring is 1. The van der Waals surface area contributed by atoms with Gasteiger partial charge in [0.25, 0.3) is 5.91 Å². The van der Waals surface area contributed by atoms with Gasteiger partial charge in [-0.2, -0.15) is 0 Å². The molecule has 4 rings (SSSR count). The van der Waals surface area contributed by atoms with Gasteiger partial charge in [0.2, 0.25) is 0 Å². The lowest BCUT2D eigenvalue weighted by Crippen LogP contribution is -2.13. The van der Waals surface area contributed by atoms with E-state index in [0.717, 1.165) is 10.2 Å². The van der Waals surface area contributed by atoms with Crippen molar-refractivity contribution in [2.75, 3.05) is 20.0 Å². The molecule has 7 heteroatoms. The minimum atomic E-state index is -0.561. The predicted molar refractivity (Wildman–Crippen MR) is 115 cm³/mol. The van der Waals surface area contributed by atoms with Crippen molar-refractivity contribution in [3.63, 3.8) is 0 Å². The van der Waals surface area contributed by atoms with E-state index in [0.29, 0.717) is 16.6 Å². The van der Waals surface area contributed by atoms with Crippen LogP contribution in [0.25, 0.3) is 10.2 Å². The van der Waals surface area contributed by atoms with Crippen LogP contribution in [0, 0.1) is 0 Å². The van der Waals surface area contributed by atoms with E-state index < -0.39 is 5.91 Å². The molecule has 0 aliphatic heterocycles. The highest BCUT2D eigenvalue weighted by molar-refractivity contribution is 7.22. The van der Waals surface area contributed by atoms with E-state index in [4.69, 9.17) is 20.9 Å². The standard InChI is InChI=1S/C9H11NO3.C7H6N2S.C5H10/c1-12-6-4-3-5-7(13-2)8(6)9(10)11;8-7-9-5-3-1-2-4-6(5)10-7;1-2-4-5-3-1/h3-5H,1-2H3,(H2,10,11);1-4H,(H2,8,9);1-5H2. The van der Waals surface area contributed by atoms with E-state index >= 15 is 0 Å². The van der Waals surface area contributed by atoms with Crippen LogP contribution in [0.5, 0.6) is 11.5 Å². The van der Waals surface area contributed by atoms with Crippen LogP contribution in [0.15, 0.2) is 42.5 Å². The summed E-state index contributed by atoms with van der Waals surface area (Å²) >= 11 is 1.52. The molecule has 150 valence electrons. The molecular formula is C21H27N3O3S. The topological polar surface area (TPSA) is 100 Å². The lowest BCUT2D eigenvalue weighted by Gasteiger charge is -2.09. The molecule has 1 aromatic heterocycles. The fourth-order valence-corrected chi connectivity index (χ4v) is 3.60. The lowest BCUT2D eigenvalue weighted by molar-refractivity contribution is 0.0994. The number of rotatable bonds is 3. The highest BCUT2D eigenvalue weighted by Gasteiger charge is 2.14. The minimum absolute atomic E-state index is 0.271. The average Bonchev–Trinajstić information content (AvgIpc) is 3.39. The molecule has 4 N–H and O–H groups in total. The number of nitrogens with two attached hydrogens (primary N) is 2. The highest BCUT2D eigenvalue weighted by atomic mass is 32.1. The molecule has 0 unspecified atom stereocenters. The first kappa shape index (κ1) is 21.5. The summed E-state index contributed by atoms with van der Waals surface area (Å²) in [6, 6.07) is 13.0. The van der Waals surface area contributed by atoms with E-state index in [-0.39, 0.29) is 5.56 Å². The summed E-state index contributed by atoms with van der Waals surface area (Å²) in [5.74, 6) is 0.285. The van der Waals surface area contributed by atoms with Crippen LogP contribution in [0.3, 0.4) is 0 Å². The second-order valence-electron chi connectivity index (χ2n) is 6.19. The number of carbonyl (C=O) groups excluding carboxylic acids is 1. The van der Waals surface area contributed by atoms with Crippen molar-refractivity contribution in [2.45, 2.75) is 32.1 Å². The summed E-state index contributed by atoms with van der Waals surface area (Å²) < 4.78 is 11.1. The van der Waals surface area contributed by atoms with Crippen LogP contribution in [0.2, 0.25) is 0 Å². The van der Waals surface area contributed by atoms with Gasteiger partial charge in [-0.05, 0) is 24.3 Å². The summed E-state index contributed by atoms with van der Waals surface area (Å²) in [6.07, 6.45) is 7.50. The van der Waals surface area contributed by atoms with Gasteiger partial charge in [-0.3, -0.25) is 4.79 Å². The maximum Gasteiger partial charge on any atom is 0.256 e. The van der Waals surface area contributed by atoms with Crippen LogP contribution in [-0.4, -0.2) is 25.1 Å². The average molecular weight is 402 g/mol. The second-order valence-corrected chi connectivity index (χ2v) is 7.25. The first-order valence-corrected chi connectivity index (χ1v) is 10.00. The second kappa shape index (κ2) is 11.1. The van der Waals surface area contributed by atoms with E-state index in [1.807, 2.05) is 24.3 Å². The number of anilines is 1. The normalized spacial score (nSPS) is 12.4. The molecule has 1 amide bonds. The SMILES string of the molecule is C1CCCC1.COc1cccc(OC)c1C(N)=O.Nc1nc2ccccc2s1. The van der Waals surface area contributed by atoms with E-state index in [9.17, 15) is 4.79 Å². The Morgan fingerprint density at radius 3 is 1.93 bits per heavy atom. The number of primary amides is 1. The summed E-state index contributed by atoms with van der Waals surface area (Å²) in [7, 11) is 2.95. The van der Waals surface area contributed by atoms with Crippen molar-refractivity contribution in [1.82, 2.24) is 4.98 Å². The van der Waals surface area contributed by atoms with Gasteiger partial charge in [-0.1, -0.05) is 61.6 Å². The zero-order chi connectivity index (χ0) is 20.4. The van der Waals surface area contributed by atoms with Crippen LogP contribution in [0.1, 0.15) is 42.5 Å². The molecule has 2 aromatic carbocycles. The lowest BCUT2D eigenvalue weighted by atomic mass is 10.1. The third-order valence-corrected chi connectivity index (χ3v) is 5.10. The Morgan fingerprint density at radius 1 is 0.929 bits per heavy atom. The predicted octanol–water partition coefficient (Wildman–Crippen LogP) is 4.63. The third kappa shape index (κ3) is 6.13. The monoisotopic (exact) mass is 401 g/mol. The Hall–Kier alpha value is -2.80. The summed E-state index contributed by atoms with van der Waals surface area (Å²) in [5.41, 5.74) is 11.9. The Kier molecular flexibility index (Phi) is 8.55. The minimum Gasteiger partial charge on any atom is -0.496 e. The van der Waals surface area contributed by atoms with Crippen molar-refractivity contribution in [1.29, 1.82) is 0 Å². The van der Waals surface area contributed by atoms with Crippen molar-refractivity contribution in [3.05, 3.63) is 48.0 Å². The van der Waals surface area contributed by atoms with Crippen LogP contribution < -0.4 is 20.9 Å². The molecule has 0 radical (unpaired) electrons. The molecular weight excluding hydrogens is 374 g/mol. The number of para-hydroxylation sites is 1. The molecule has 1 aliphatic carbocycles. The zero-order valence-electron chi connectivity index (χ0n) is 16.3. The molecule has 1 saturated carbocycles. The largest absolute Gasteiger partial charge is 0.496 e. The van der Waals surface area contributed by atoms with Gasteiger partial charge in [-0.15, -0.1) is 0 Å². The van der Waals surface area contributed by atoms with Crippen LogP contribution in [0.4, 0.5) is 5.13 Å². The van der Waals surface area contributed by atoms with E-state index in [2.05, 4.69) is 4.98 Å². The third-order valence-electron chi connectivity index (χ3n) is 4.23. The fraction of sp³-hybridized carbons (Fsp3) is 0.333. The van der Waals surface area contributed by atoms with Gasteiger partial charge >= 0.3 is 0 Å². The van der Waals surface area contributed by atoms with Crippen molar-refractivity contribution in [3.8, 4) is 11.5 Å². The molecule has 0 atom stereocenters. The molecule has 6 nitrogen and oxygen atoms in total. The first-order chi connectivity index (χ1) is 13.6. The van der Waals surface area contributed by atoms with Crippen molar-refractivity contribution < 1.29 is 14.3 Å². The highest BCUT2D eigenvalue weighted by Crippen LogP contribution is 2.27. The quantitative estimate of drug-likeness (QED) is 0.666. The Labute approximate surface area is 169 Å². The molecule has 0 saturated heterocycles. The molecule has 28 heavy (non-hydrogen) atoms. The maximum absolute atomic E-state index is 11.0. The molecule has 1 fully saturated rings. The van der Waals surface area contributed by atoms with Gasteiger partial charge in [0.15, 0.2) is 5.13 Å². The molecule has 3 aromatic rings. The maximum atomic E-state index is 11.0. The molecule has 1 aliphatic rings. The number of amides is 1. The zero-order valence-corrected chi connectivity index (χ0v) is 17.1. The number of methoxy groups -OCH3 is 2. The number of ether oxygens (including phenoxy) is 2. The molecule has 0 bridgehead atoms. The van der Waals surface area contributed by atoms with Gasteiger partial charge in [0.05, 0.1) is 24.4 Å². The number of fused-ring (bicyclic) bond motifs is 1. The van der Waals surface area contributed by atoms with Crippen molar-refractivity contribution in [2.24, 2.45) is 5.73 Å². The Balaban J connectivity index is 0.000000164. The Bertz CT molecular complexity index is 829. The Morgan fingerprint density at radius 2 is 1.46 bits per heavy atom. The summed E-state index contributed by atoms with van der Waals surface area (Å²) in [5, 5.41) is 0.640. The van der Waals surface area contributed by atoms with Crippen LogP contribution in [-0.2, 0) is 0 Å². The number of aromatic nitrogens is 1.